The second-order valence-corrected chi connectivity index (χ2v) is 5.10. The van der Waals surface area contributed by atoms with Crippen LogP contribution in [0, 0.1) is 0 Å². The monoisotopic (exact) mass is 238 g/mol. The van der Waals surface area contributed by atoms with Gasteiger partial charge in [0.1, 0.15) is 0 Å². The molecule has 0 aromatic carbocycles. The molecule has 0 aromatic heterocycles. The third-order valence-electron chi connectivity index (χ3n) is 3.23. The van der Waals surface area contributed by atoms with E-state index in [4.69, 9.17) is 5.32 Å². The number of allylic oxidation sites excluding steroid dienone is 1. The van der Waals surface area contributed by atoms with Gasteiger partial charge >= 0.3 is 0 Å². The van der Waals surface area contributed by atoms with Crippen LogP contribution in [0.2, 0.25) is 0 Å². The van der Waals surface area contributed by atoms with Gasteiger partial charge in [0.2, 0.25) is 0 Å². The predicted octanol–water partition coefficient (Wildman–Crippen LogP) is 5.09. The largest absolute Gasteiger partial charge is 0.239 e. The molecule has 0 spiro atoms. The highest BCUT2D eigenvalue weighted by atomic mass is 14.9. The Kier molecular flexibility index (Phi) is 13.5. The first kappa shape index (κ1) is 16.7. The Balaban J connectivity index is 3.10. The molecule has 1 atom stereocenters. The van der Waals surface area contributed by atoms with Gasteiger partial charge < -0.3 is 0 Å². The molecule has 0 aliphatic rings. The van der Waals surface area contributed by atoms with Gasteiger partial charge in [0.15, 0.2) is 0 Å². The van der Waals surface area contributed by atoms with Gasteiger partial charge in [0.25, 0.3) is 0 Å². The van der Waals surface area contributed by atoms with Crippen molar-refractivity contribution < 1.29 is 0 Å². The van der Waals surface area contributed by atoms with Crippen LogP contribution in [0.15, 0.2) is 12.7 Å². The van der Waals surface area contributed by atoms with Crippen molar-refractivity contribution >= 4 is 0 Å². The van der Waals surface area contributed by atoms with Gasteiger partial charge in [-0.05, 0) is 32.6 Å². The predicted molar refractivity (Wildman–Crippen MR) is 78.5 cm³/mol. The molecule has 17 heavy (non-hydrogen) atoms. The van der Waals surface area contributed by atoms with Crippen molar-refractivity contribution in [2.45, 2.75) is 84.1 Å². The molecular weight excluding hydrogens is 206 g/mol. The Hall–Kier alpha value is -0.300. The minimum absolute atomic E-state index is 0.583. The maximum absolute atomic E-state index is 4.70. The van der Waals surface area contributed by atoms with Crippen molar-refractivity contribution in [3.63, 3.8) is 0 Å². The summed E-state index contributed by atoms with van der Waals surface area (Å²) in [4.78, 5) is 0. The minimum Gasteiger partial charge on any atom is -0.239 e. The second-order valence-electron chi connectivity index (χ2n) is 5.10. The van der Waals surface area contributed by atoms with E-state index in [0.717, 1.165) is 6.54 Å². The first-order valence-corrected chi connectivity index (χ1v) is 7.58. The Labute approximate surface area is 109 Å². The van der Waals surface area contributed by atoms with E-state index in [9.17, 15) is 0 Å². The van der Waals surface area contributed by atoms with E-state index in [1.54, 1.807) is 0 Å². The fraction of sp³-hybridized carbons (Fsp3) is 0.875. The van der Waals surface area contributed by atoms with Gasteiger partial charge in [-0.25, -0.2) is 5.32 Å². The van der Waals surface area contributed by atoms with Crippen molar-refractivity contribution in [3.05, 3.63) is 12.7 Å². The number of rotatable bonds is 13. The maximum atomic E-state index is 4.70. The Morgan fingerprint density at radius 3 is 2.41 bits per heavy atom. The molecule has 0 bridgehead atoms. The third kappa shape index (κ3) is 13.6. The zero-order valence-electron chi connectivity index (χ0n) is 12.1. The lowest BCUT2D eigenvalue weighted by Gasteiger charge is -2.11. The van der Waals surface area contributed by atoms with E-state index in [2.05, 4.69) is 20.4 Å². The van der Waals surface area contributed by atoms with Crippen LogP contribution in [0.4, 0.5) is 0 Å². The number of hydrogen-bond donors (Lipinski definition) is 0. The Bertz CT molecular complexity index is 154. The smallest absolute Gasteiger partial charge is 0.0217 e. The fourth-order valence-electron chi connectivity index (χ4n) is 2.02. The van der Waals surface area contributed by atoms with Crippen LogP contribution >= 0.6 is 0 Å². The van der Waals surface area contributed by atoms with Crippen LogP contribution in [-0.4, -0.2) is 12.6 Å². The average Bonchev–Trinajstić information content (AvgIpc) is 2.33. The molecule has 0 fully saturated rings. The molecule has 1 heteroatoms. The molecule has 0 aromatic rings. The van der Waals surface area contributed by atoms with E-state index >= 15 is 0 Å². The first-order chi connectivity index (χ1) is 8.31. The normalized spacial score (nSPS) is 12.6. The summed E-state index contributed by atoms with van der Waals surface area (Å²) < 4.78 is 0. The van der Waals surface area contributed by atoms with Crippen LogP contribution in [0.1, 0.15) is 78.1 Å². The Morgan fingerprint density at radius 1 is 1.00 bits per heavy atom. The molecule has 0 saturated heterocycles. The summed E-state index contributed by atoms with van der Waals surface area (Å²) in [5.74, 6) is 0. The van der Waals surface area contributed by atoms with Crippen molar-refractivity contribution in [3.8, 4) is 0 Å². The van der Waals surface area contributed by atoms with E-state index in [1.165, 1.54) is 64.2 Å². The molecule has 101 valence electrons. The van der Waals surface area contributed by atoms with Crippen LogP contribution in [0.5, 0.6) is 0 Å². The second kappa shape index (κ2) is 13.8. The first-order valence-electron chi connectivity index (χ1n) is 7.58. The van der Waals surface area contributed by atoms with Crippen LogP contribution in [0.25, 0.3) is 0 Å². The van der Waals surface area contributed by atoms with Crippen LogP contribution in [0.3, 0.4) is 0 Å². The van der Waals surface area contributed by atoms with Crippen molar-refractivity contribution in [2.24, 2.45) is 0 Å². The lowest BCUT2D eigenvalue weighted by Crippen LogP contribution is -2.19. The van der Waals surface area contributed by atoms with E-state index < -0.39 is 0 Å². The van der Waals surface area contributed by atoms with Crippen LogP contribution < -0.4 is 5.32 Å². The van der Waals surface area contributed by atoms with Gasteiger partial charge in [-0.15, -0.1) is 6.58 Å². The molecule has 1 radical (unpaired) electrons. The summed E-state index contributed by atoms with van der Waals surface area (Å²) in [6.45, 7) is 9.34. The SMILES string of the molecule is C=CCCCCCCCC(C)[N]CCCCC. The van der Waals surface area contributed by atoms with E-state index in [-0.39, 0.29) is 0 Å². The lowest BCUT2D eigenvalue weighted by atomic mass is 10.1. The zero-order chi connectivity index (χ0) is 12.8. The van der Waals surface area contributed by atoms with Crippen LogP contribution in [-0.2, 0) is 0 Å². The lowest BCUT2D eigenvalue weighted by molar-refractivity contribution is 0.462. The molecule has 0 N–H and O–H groups in total. The highest BCUT2D eigenvalue weighted by Gasteiger charge is 2.01. The summed E-state index contributed by atoms with van der Waals surface area (Å²) in [7, 11) is 0. The molecule has 0 saturated carbocycles. The van der Waals surface area contributed by atoms with Gasteiger partial charge in [0.05, 0.1) is 0 Å². The maximum Gasteiger partial charge on any atom is 0.0217 e. The minimum atomic E-state index is 0.583. The number of hydrogen-bond acceptors (Lipinski definition) is 0. The Morgan fingerprint density at radius 2 is 1.71 bits per heavy atom. The van der Waals surface area contributed by atoms with E-state index in [1.807, 2.05) is 6.08 Å². The summed E-state index contributed by atoms with van der Waals surface area (Å²) >= 11 is 0. The molecule has 0 rings (SSSR count). The fourth-order valence-corrected chi connectivity index (χ4v) is 2.02. The molecule has 0 aliphatic carbocycles. The molecule has 1 unspecified atom stereocenters. The zero-order valence-corrected chi connectivity index (χ0v) is 12.1. The quantitative estimate of drug-likeness (QED) is 0.313. The average molecular weight is 238 g/mol. The van der Waals surface area contributed by atoms with Gasteiger partial charge in [0, 0.05) is 12.6 Å². The molecule has 0 aliphatic heterocycles. The van der Waals surface area contributed by atoms with Crippen molar-refractivity contribution in [2.75, 3.05) is 6.54 Å². The molecule has 0 amide bonds. The van der Waals surface area contributed by atoms with Crippen molar-refractivity contribution in [1.29, 1.82) is 0 Å². The highest BCUT2D eigenvalue weighted by molar-refractivity contribution is 4.65. The summed E-state index contributed by atoms with van der Waals surface area (Å²) in [6.07, 6.45) is 15.2. The molecular formula is C16H32N. The molecule has 0 heterocycles. The topological polar surface area (TPSA) is 14.1 Å². The van der Waals surface area contributed by atoms with Gasteiger partial charge in [-0.2, -0.15) is 0 Å². The highest BCUT2D eigenvalue weighted by Crippen LogP contribution is 2.09. The molecule has 1 nitrogen and oxygen atoms in total. The summed E-state index contributed by atoms with van der Waals surface area (Å²) in [5.41, 5.74) is 0. The van der Waals surface area contributed by atoms with Crippen molar-refractivity contribution in [1.82, 2.24) is 5.32 Å². The number of unbranched alkanes of at least 4 members (excludes halogenated alkanes) is 7. The standard InChI is InChI=1S/C16H32N/c1-4-6-8-9-10-11-12-14-16(3)17-15-13-7-5-2/h4,16H,1,5-15H2,2-3H3. The van der Waals surface area contributed by atoms with Gasteiger partial charge in [-0.1, -0.05) is 51.5 Å². The summed E-state index contributed by atoms with van der Waals surface area (Å²) in [6, 6.07) is 0.583. The number of nitrogens with zero attached hydrogens (tertiary/aromatic N) is 1. The summed E-state index contributed by atoms with van der Waals surface area (Å²) in [5, 5.41) is 4.70. The van der Waals surface area contributed by atoms with E-state index in [0.29, 0.717) is 6.04 Å². The third-order valence-corrected chi connectivity index (χ3v) is 3.23. The van der Waals surface area contributed by atoms with Gasteiger partial charge in [-0.3, -0.25) is 0 Å².